The van der Waals surface area contributed by atoms with Gasteiger partial charge in [-0.25, -0.2) is 0 Å². The van der Waals surface area contributed by atoms with Crippen LogP contribution >= 0.6 is 0 Å². The fourth-order valence-corrected chi connectivity index (χ4v) is 2.29. The fraction of sp³-hybridized carbons (Fsp3) is 0.538. The van der Waals surface area contributed by atoms with Gasteiger partial charge in [0.2, 0.25) is 0 Å². The second kappa shape index (κ2) is 6.98. The molecule has 8 nitrogen and oxygen atoms in total. The van der Waals surface area contributed by atoms with Crippen molar-refractivity contribution in [2.24, 2.45) is 0 Å². The number of carbonyl (C=O) groups excluding carboxylic acids is 1. The molecule has 0 atom stereocenters. The lowest BCUT2D eigenvalue weighted by Crippen LogP contribution is -2.34. The molecule has 1 fully saturated rings. The van der Waals surface area contributed by atoms with E-state index in [1.165, 1.54) is 0 Å². The summed E-state index contributed by atoms with van der Waals surface area (Å²) >= 11 is 0. The molecule has 1 aliphatic rings. The minimum Gasteiger partial charge on any atom is -0.480 e. The number of amides is 1. The topological polar surface area (TPSA) is 98.7 Å². The van der Waals surface area contributed by atoms with Crippen molar-refractivity contribution in [1.82, 2.24) is 20.4 Å². The minimum atomic E-state index is -0.807. The average Bonchev–Trinajstić information content (AvgIpc) is 2.71. The molecule has 0 spiro atoms. The summed E-state index contributed by atoms with van der Waals surface area (Å²) in [6, 6.07) is 3.41. The molecular formula is C13H19N5O3. The van der Waals surface area contributed by atoms with Crippen molar-refractivity contribution in [3.8, 4) is 0 Å². The van der Waals surface area contributed by atoms with Crippen LogP contribution in [0.1, 0.15) is 16.9 Å². The van der Waals surface area contributed by atoms with Crippen LogP contribution in [-0.2, 0) is 4.79 Å². The molecule has 1 aliphatic heterocycles. The number of aliphatic carboxylic acids is 1. The SMILES string of the molecule is CNC(=O)c1ccc(N2CCCN(CC(=O)O)CC2)nn1. The predicted molar refractivity (Wildman–Crippen MR) is 76.3 cm³/mol. The molecular weight excluding hydrogens is 274 g/mol. The summed E-state index contributed by atoms with van der Waals surface area (Å²) in [5, 5.41) is 19.3. The van der Waals surface area contributed by atoms with E-state index in [1.54, 1.807) is 19.2 Å². The van der Waals surface area contributed by atoms with Crippen molar-refractivity contribution in [2.75, 3.05) is 44.7 Å². The summed E-state index contributed by atoms with van der Waals surface area (Å²) in [6.45, 7) is 2.98. The van der Waals surface area contributed by atoms with Crippen LogP contribution in [-0.4, -0.2) is 71.9 Å². The number of carbonyl (C=O) groups is 2. The number of carboxylic acid groups (broad SMARTS) is 1. The molecule has 2 N–H and O–H groups in total. The molecule has 0 saturated carbocycles. The Morgan fingerprint density at radius 1 is 1.24 bits per heavy atom. The van der Waals surface area contributed by atoms with Gasteiger partial charge in [-0.05, 0) is 18.6 Å². The normalized spacial score (nSPS) is 16.3. The number of hydrogen-bond acceptors (Lipinski definition) is 6. The lowest BCUT2D eigenvalue weighted by atomic mass is 10.3. The first kappa shape index (κ1) is 15.2. The van der Waals surface area contributed by atoms with Gasteiger partial charge in [-0.2, -0.15) is 0 Å². The van der Waals surface area contributed by atoms with Crippen molar-refractivity contribution in [2.45, 2.75) is 6.42 Å². The zero-order chi connectivity index (χ0) is 15.2. The van der Waals surface area contributed by atoms with E-state index in [1.807, 2.05) is 4.90 Å². The Bertz CT molecular complexity index is 505. The monoisotopic (exact) mass is 293 g/mol. The van der Waals surface area contributed by atoms with Gasteiger partial charge in [0.05, 0.1) is 6.54 Å². The second-order valence-electron chi connectivity index (χ2n) is 4.87. The van der Waals surface area contributed by atoms with E-state index in [4.69, 9.17) is 5.11 Å². The van der Waals surface area contributed by atoms with Crippen molar-refractivity contribution in [3.63, 3.8) is 0 Å². The lowest BCUT2D eigenvalue weighted by molar-refractivity contribution is -0.138. The molecule has 0 unspecified atom stereocenters. The van der Waals surface area contributed by atoms with Crippen molar-refractivity contribution in [1.29, 1.82) is 0 Å². The van der Waals surface area contributed by atoms with Gasteiger partial charge >= 0.3 is 5.97 Å². The second-order valence-corrected chi connectivity index (χ2v) is 4.87. The van der Waals surface area contributed by atoms with Gasteiger partial charge in [0.15, 0.2) is 11.5 Å². The van der Waals surface area contributed by atoms with Crippen LogP contribution < -0.4 is 10.2 Å². The van der Waals surface area contributed by atoms with Crippen molar-refractivity contribution >= 4 is 17.7 Å². The maximum absolute atomic E-state index is 11.4. The Hall–Kier alpha value is -2.22. The van der Waals surface area contributed by atoms with Gasteiger partial charge in [-0.3, -0.25) is 14.5 Å². The summed E-state index contributed by atoms with van der Waals surface area (Å²) in [5.74, 6) is -0.365. The van der Waals surface area contributed by atoms with Crippen LogP contribution in [0.5, 0.6) is 0 Å². The Morgan fingerprint density at radius 2 is 2.05 bits per heavy atom. The number of rotatable bonds is 4. The fourth-order valence-electron chi connectivity index (χ4n) is 2.29. The summed E-state index contributed by atoms with van der Waals surface area (Å²) in [4.78, 5) is 26.1. The van der Waals surface area contributed by atoms with Crippen molar-refractivity contribution in [3.05, 3.63) is 17.8 Å². The quantitative estimate of drug-likeness (QED) is 0.767. The summed E-state index contributed by atoms with van der Waals surface area (Å²) in [5.41, 5.74) is 0.281. The van der Waals surface area contributed by atoms with E-state index >= 15 is 0 Å². The molecule has 0 aliphatic carbocycles. The van der Waals surface area contributed by atoms with Crippen molar-refractivity contribution < 1.29 is 14.7 Å². The number of aromatic nitrogens is 2. The highest BCUT2D eigenvalue weighted by Gasteiger charge is 2.18. The molecule has 114 valence electrons. The number of nitrogens with one attached hydrogen (secondary N) is 1. The average molecular weight is 293 g/mol. The first-order valence-corrected chi connectivity index (χ1v) is 6.85. The van der Waals surface area contributed by atoms with E-state index < -0.39 is 5.97 Å². The standard InChI is InChI=1S/C13H19N5O3/c1-14-13(21)10-3-4-11(16-15-10)18-6-2-5-17(7-8-18)9-12(19)20/h3-4H,2,5-9H2,1H3,(H,14,21)(H,19,20). The van der Waals surface area contributed by atoms with Gasteiger partial charge in [-0.15, -0.1) is 10.2 Å². The molecule has 21 heavy (non-hydrogen) atoms. The molecule has 0 bridgehead atoms. The van der Waals surface area contributed by atoms with Gasteiger partial charge in [0, 0.05) is 33.2 Å². The number of carboxylic acids is 1. The Labute approximate surface area is 122 Å². The van der Waals surface area contributed by atoms with E-state index in [-0.39, 0.29) is 18.1 Å². The Morgan fingerprint density at radius 3 is 2.67 bits per heavy atom. The first-order chi connectivity index (χ1) is 10.1. The Balaban J connectivity index is 1.99. The zero-order valence-electron chi connectivity index (χ0n) is 11.9. The highest BCUT2D eigenvalue weighted by molar-refractivity contribution is 5.91. The first-order valence-electron chi connectivity index (χ1n) is 6.85. The smallest absolute Gasteiger partial charge is 0.317 e. The van der Waals surface area contributed by atoms with Gasteiger partial charge < -0.3 is 15.3 Å². The van der Waals surface area contributed by atoms with E-state index in [0.717, 1.165) is 19.5 Å². The zero-order valence-corrected chi connectivity index (χ0v) is 11.9. The highest BCUT2D eigenvalue weighted by Crippen LogP contribution is 2.13. The summed E-state index contributed by atoms with van der Waals surface area (Å²) < 4.78 is 0. The van der Waals surface area contributed by atoms with Gasteiger partial charge in [0.25, 0.3) is 5.91 Å². The molecule has 2 rings (SSSR count). The van der Waals surface area contributed by atoms with Crippen LogP contribution in [0.3, 0.4) is 0 Å². The summed E-state index contributed by atoms with van der Waals surface area (Å²) in [6.07, 6.45) is 0.867. The predicted octanol–water partition coefficient (Wildman–Crippen LogP) is -0.567. The Kier molecular flexibility index (Phi) is 5.04. The number of hydrogen-bond donors (Lipinski definition) is 2. The van der Waals surface area contributed by atoms with Gasteiger partial charge in [0.1, 0.15) is 0 Å². The maximum atomic E-state index is 11.4. The number of nitrogens with zero attached hydrogens (tertiary/aromatic N) is 4. The molecule has 1 amide bonds. The number of anilines is 1. The maximum Gasteiger partial charge on any atom is 0.317 e. The molecule has 1 aromatic heterocycles. The third-order valence-corrected chi connectivity index (χ3v) is 3.38. The van der Waals surface area contributed by atoms with Crippen LogP contribution in [0.4, 0.5) is 5.82 Å². The van der Waals surface area contributed by atoms with Crippen LogP contribution in [0.2, 0.25) is 0 Å². The molecule has 1 aromatic rings. The van der Waals surface area contributed by atoms with E-state index in [2.05, 4.69) is 20.4 Å². The summed E-state index contributed by atoms with van der Waals surface area (Å²) in [7, 11) is 1.55. The molecule has 2 heterocycles. The van der Waals surface area contributed by atoms with Gasteiger partial charge in [-0.1, -0.05) is 0 Å². The lowest BCUT2D eigenvalue weighted by Gasteiger charge is -2.21. The van der Waals surface area contributed by atoms with E-state index in [9.17, 15) is 9.59 Å². The third kappa shape index (κ3) is 4.12. The minimum absolute atomic E-state index is 0.0646. The molecule has 8 heteroatoms. The van der Waals surface area contributed by atoms with Crippen LogP contribution in [0.15, 0.2) is 12.1 Å². The van der Waals surface area contributed by atoms with E-state index in [0.29, 0.717) is 18.9 Å². The third-order valence-electron chi connectivity index (χ3n) is 3.38. The van der Waals surface area contributed by atoms with Crippen LogP contribution in [0.25, 0.3) is 0 Å². The largest absolute Gasteiger partial charge is 0.480 e. The highest BCUT2D eigenvalue weighted by atomic mass is 16.4. The molecule has 0 aromatic carbocycles. The molecule has 0 radical (unpaired) electrons. The molecule has 1 saturated heterocycles. The van der Waals surface area contributed by atoms with Crippen LogP contribution in [0, 0.1) is 0 Å².